The van der Waals surface area contributed by atoms with Crippen LogP contribution in [0.4, 0.5) is 5.95 Å². The molecule has 0 aliphatic carbocycles. The first-order valence-electron chi connectivity index (χ1n) is 5.67. The molecule has 9 heteroatoms. The van der Waals surface area contributed by atoms with Crippen molar-refractivity contribution >= 4 is 20.0 Å². The van der Waals surface area contributed by atoms with E-state index < -0.39 is 14.1 Å². The van der Waals surface area contributed by atoms with Gasteiger partial charge in [0.25, 0.3) is 14.1 Å². The maximum atomic E-state index is 11.1. The molecular formula is C9H16N5O3P. The second-order valence-electron chi connectivity index (χ2n) is 4.11. The molecule has 0 saturated heterocycles. The van der Waals surface area contributed by atoms with Crippen LogP contribution in [0.25, 0.3) is 0 Å². The summed E-state index contributed by atoms with van der Waals surface area (Å²) in [6, 6.07) is 0.149. The summed E-state index contributed by atoms with van der Waals surface area (Å²) < 4.78 is 12.4. The second-order valence-corrected chi connectivity index (χ2v) is 5.08. The zero-order valence-corrected chi connectivity index (χ0v) is 10.7. The number of carbonyl (C=O) groups is 1. The highest BCUT2D eigenvalue weighted by Crippen LogP contribution is 2.26. The Kier molecular flexibility index (Phi) is 4.00. The number of fused-ring (bicyclic) bond motifs is 1. The van der Waals surface area contributed by atoms with Crippen LogP contribution < -0.4 is 16.1 Å². The Morgan fingerprint density at radius 3 is 3.22 bits per heavy atom. The molecule has 1 aromatic heterocycles. The van der Waals surface area contributed by atoms with Crippen molar-refractivity contribution in [1.82, 2.24) is 14.6 Å². The third kappa shape index (κ3) is 2.90. The predicted octanol–water partition coefficient (Wildman–Crippen LogP) is -0.300. The number of nitrogens with one attached hydrogen (secondary N) is 2. The number of carbonyl (C=O) groups excluding carboxylic acids is 1. The van der Waals surface area contributed by atoms with Gasteiger partial charge >= 0.3 is 0 Å². The van der Waals surface area contributed by atoms with Crippen LogP contribution in [0.3, 0.4) is 0 Å². The molecule has 5 N–H and O–H groups in total. The first-order chi connectivity index (χ1) is 8.58. The van der Waals surface area contributed by atoms with Gasteiger partial charge < -0.3 is 20.5 Å². The van der Waals surface area contributed by atoms with Crippen molar-refractivity contribution in [1.29, 1.82) is 0 Å². The van der Waals surface area contributed by atoms with Crippen LogP contribution in [-0.2, 0) is 4.57 Å². The summed E-state index contributed by atoms with van der Waals surface area (Å²) in [5.41, 5.74) is 5.42. The first-order valence-corrected chi connectivity index (χ1v) is 7.03. The van der Waals surface area contributed by atoms with E-state index in [1.165, 1.54) is 0 Å². The molecule has 100 valence electrons. The molecular weight excluding hydrogens is 257 g/mol. The number of rotatable bonds is 5. The molecule has 1 aromatic rings. The van der Waals surface area contributed by atoms with Gasteiger partial charge in [0, 0.05) is 25.3 Å². The average Bonchev–Trinajstić information content (AvgIpc) is 2.73. The van der Waals surface area contributed by atoms with Crippen molar-refractivity contribution in [2.24, 2.45) is 5.73 Å². The highest BCUT2D eigenvalue weighted by Gasteiger charge is 2.22. The van der Waals surface area contributed by atoms with Gasteiger partial charge in [-0.15, -0.1) is 0 Å². The predicted molar refractivity (Wildman–Crippen MR) is 66.7 cm³/mol. The lowest BCUT2D eigenvalue weighted by Gasteiger charge is -2.25. The maximum Gasteiger partial charge on any atom is 0.268 e. The number of imidazole rings is 1. The van der Waals surface area contributed by atoms with Crippen molar-refractivity contribution < 1.29 is 14.3 Å². The highest BCUT2D eigenvalue weighted by atomic mass is 31.1. The van der Waals surface area contributed by atoms with E-state index in [4.69, 9.17) is 10.6 Å². The van der Waals surface area contributed by atoms with Crippen molar-refractivity contribution in [2.45, 2.75) is 18.9 Å². The number of hydrogen-bond acceptors (Lipinski definition) is 4. The van der Waals surface area contributed by atoms with Gasteiger partial charge in [-0.25, -0.2) is 10.1 Å². The standard InChI is InChI=1S/C9H16N5O3P/c10-8(15)7-5-14-6(2-4-12-18(16)17)1-3-11-9(14)13-7/h5-6,18H,1-4H2,(H2,10,15)(H,11,13)(H2,12,16,17). The Bertz CT molecular complexity index is 475. The molecule has 1 amide bonds. The number of nitrogens with zero attached hydrogens (tertiary/aromatic N) is 2. The van der Waals surface area contributed by atoms with E-state index in [2.05, 4.69) is 15.4 Å². The summed E-state index contributed by atoms with van der Waals surface area (Å²) >= 11 is 0. The minimum absolute atomic E-state index is 0.149. The van der Waals surface area contributed by atoms with Gasteiger partial charge in [-0.3, -0.25) is 9.36 Å². The normalized spacial score (nSPS) is 19.9. The van der Waals surface area contributed by atoms with Crippen LogP contribution in [0.5, 0.6) is 0 Å². The Morgan fingerprint density at radius 1 is 1.78 bits per heavy atom. The van der Waals surface area contributed by atoms with E-state index in [-0.39, 0.29) is 11.7 Å². The van der Waals surface area contributed by atoms with Crippen LogP contribution in [0.1, 0.15) is 29.4 Å². The van der Waals surface area contributed by atoms with E-state index in [0.29, 0.717) is 18.9 Å². The van der Waals surface area contributed by atoms with Gasteiger partial charge in [0.1, 0.15) is 5.69 Å². The van der Waals surface area contributed by atoms with E-state index in [0.717, 1.165) is 13.0 Å². The third-order valence-electron chi connectivity index (χ3n) is 2.89. The summed E-state index contributed by atoms with van der Waals surface area (Å²) in [5, 5.41) is 5.60. The third-order valence-corrected chi connectivity index (χ3v) is 3.45. The Labute approximate surface area is 104 Å². The summed E-state index contributed by atoms with van der Waals surface area (Å²) in [5.74, 6) is 0.0627. The number of hydrogen-bond donors (Lipinski definition) is 4. The minimum atomic E-state index is -2.63. The zero-order chi connectivity index (χ0) is 13.1. The van der Waals surface area contributed by atoms with Gasteiger partial charge in [-0.05, 0) is 12.8 Å². The first kappa shape index (κ1) is 13.1. The smallest absolute Gasteiger partial charge is 0.268 e. The van der Waals surface area contributed by atoms with E-state index >= 15 is 0 Å². The second kappa shape index (κ2) is 5.51. The molecule has 0 fully saturated rings. The molecule has 2 unspecified atom stereocenters. The fraction of sp³-hybridized carbons (Fsp3) is 0.556. The molecule has 18 heavy (non-hydrogen) atoms. The van der Waals surface area contributed by atoms with Gasteiger partial charge in [0.15, 0.2) is 0 Å². The molecule has 0 saturated carbocycles. The van der Waals surface area contributed by atoms with Crippen LogP contribution in [0, 0.1) is 0 Å². The van der Waals surface area contributed by atoms with Crippen LogP contribution in [-0.4, -0.2) is 33.4 Å². The lowest BCUT2D eigenvalue weighted by molar-refractivity contribution is 0.0996. The van der Waals surface area contributed by atoms with Gasteiger partial charge in [-0.1, -0.05) is 0 Å². The number of aromatic nitrogens is 2. The SMILES string of the molecule is NC(=O)c1cn2c(n1)NCCC2CCN[PH](=O)O. The van der Waals surface area contributed by atoms with Crippen molar-refractivity contribution in [2.75, 3.05) is 18.4 Å². The number of anilines is 1. The molecule has 2 heterocycles. The molecule has 0 aromatic carbocycles. The van der Waals surface area contributed by atoms with Gasteiger partial charge in [0.05, 0.1) is 0 Å². The number of primary amides is 1. The fourth-order valence-electron chi connectivity index (χ4n) is 2.04. The largest absolute Gasteiger partial charge is 0.364 e. The fourth-order valence-corrected chi connectivity index (χ4v) is 2.40. The number of nitrogens with two attached hydrogens (primary N) is 1. The molecule has 1 aliphatic heterocycles. The summed E-state index contributed by atoms with van der Waals surface area (Å²) in [6.45, 7) is 1.21. The van der Waals surface area contributed by atoms with Gasteiger partial charge in [0.2, 0.25) is 5.95 Å². The van der Waals surface area contributed by atoms with Gasteiger partial charge in [-0.2, -0.15) is 0 Å². The summed E-state index contributed by atoms with van der Waals surface area (Å²) in [7, 11) is -2.63. The topological polar surface area (TPSA) is 122 Å². The Morgan fingerprint density at radius 2 is 2.56 bits per heavy atom. The zero-order valence-electron chi connectivity index (χ0n) is 9.72. The molecule has 0 spiro atoms. The number of amides is 1. The highest BCUT2D eigenvalue weighted by molar-refractivity contribution is 7.35. The molecule has 1 aliphatic rings. The van der Waals surface area contributed by atoms with Crippen molar-refractivity contribution in [3.63, 3.8) is 0 Å². The maximum absolute atomic E-state index is 11.1. The van der Waals surface area contributed by atoms with Crippen molar-refractivity contribution in [3.8, 4) is 0 Å². The Hall–Kier alpha value is -1.37. The van der Waals surface area contributed by atoms with Crippen LogP contribution in [0.15, 0.2) is 6.20 Å². The van der Waals surface area contributed by atoms with Crippen LogP contribution in [0.2, 0.25) is 0 Å². The summed E-state index contributed by atoms with van der Waals surface area (Å²) in [6.07, 6.45) is 3.19. The van der Waals surface area contributed by atoms with E-state index in [1.807, 2.05) is 4.57 Å². The lowest BCUT2D eigenvalue weighted by Crippen LogP contribution is -2.24. The minimum Gasteiger partial charge on any atom is -0.364 e. The molecule has 2 rings (SSSR count). The van der Waals surface area contributed by atoms with E-state index in [9.17, 15) is 9.36 Å². The quantitative estimate of drug-likeness (QED) is 0.546. The van der Waals surface area contributed by atoms with Crippen molar-refractivity contribution in [3.05, 3.63) is 11.9 Å². The lowest BCUT2D eigenvalue weighted by atomic mass is 10.1. The van der Waals surface area contributed by atoms with E-state index in [1.54, 1.807) is 6.20 Å². The average molecular weight is 273 g/mol. The molecule has 2 atom stereocenters. The summed E-state index contributed by atoms with van der Waals surface area (Å²) in [4.78, 5) is 23.9. The molecule has 0 radical (unpaired) electrons. The molecule has 0 bridgehead atoms. The Balaban J connectivity index is 2.07. The monoisotopic (exact) mass is 273 g/mol. The van der Waals surface area contributed by atoms with Crippen LogP contribution >= 0.6 is 8.18 Å². The molecule has 8 nitrogen and oxygen atoms in total.